The van der Waals surface area contributed by atoms with Crippen molar-refractivity contribution in [3.8, 4) is 0 Å². The van der Waals surface area contributed by atoms with Gasteiger partial charge in [0.25, 0.3) is 0 Å². The number of piperidine rings is 1. The molecule has 1 amide bonds. The number of piperazine rings is 1. The van der Waals surface area contributed by atoms with E-state index in [9.17, 15) is 13.2 Å². The van der Waals surface area contributed by atoms with Crippen LogP contribution in [-0.4, -0.2) is 87.3 Å². The molecule has 0 aromatic heterocycles. The van der Waals surface area contributed by atoms with Crippen LogP contribution in [-0.2, 0) is 14.8 Å². The average molecular weight is 423 g/mol. The van der Waals surface area contributed by atoms with Crippen LogP contribution in [0, 0.1) is 6.92 Å². The van der Waals surface area contributed by atoms with E-state index in [4.69, 9.17) is 0 Å². The van der Waals surface area contributed by atoms with E-state index in [0.29, 0.717) is 31.1 Å². The molecule has 2 aliphatic rings. The lowest BCUT2D eigenvalue weighted by Crippen LogP contribution is -2.47. The number of likely N-dealkylation sites (tertiary alicyclic amines) is 1. The second-order valence-electron chi connectivity index (χ2n) is 7.95. The molecule has 0 atom stereocenters. The van der Waals surface area contributed by atoms with Gasteiger partial charge >= 0.3 is 0 Å². The number of nitrogens with one attached hydrogen (secondary N) is 1. The molecule has 2 heterocycles. The van der Waals surface area contributed by atoms with Crippen LogP contribution in [0.2, 0.25) is 0 Å². The Bertz CT molecular complexity index is 772. The summed E-state index contributed by atoms with van der Waals surface area (Å²) >= 11 is 0. The van der Waals surface area contributed by atoms with Gasteiger partial charge in [-0.3, -0.25) is 4.79 Å². The van der Waals surface area contributed by atoms with Crippen LogP contribution in [0.3, 0.4) is 0 Å². The summed E-state index contributed by atoms with van der Waals surface area (Å²) in [4.78, 5) is 17.1. The van der Waals surface area contributed by atoms with Crippen molar-refractivity contribution in [3.63, 3.8) is 0 Å². The Labute approximate surface area is 175 Å². The lowest BCUT2D eigenvalue weighted by atomic mass is 10.1. The summed E-state index contributed by atoms with van der Waals surface area (Å²) in [6.07, 6.45) is 3.82. The van der Waals surface area contributed by atoms with Gasteiger partial charge in [0.15, 0.2) is 0 Å². The third-order valence-corrected chi connectivity index (χ3v) is 7.93. The molecule has 2 aliphatic heterocycles. The Balaban J connectivity index is 1.70. The van der Waals surface area contributed by atoms with Gasteiger partial charge in [0.2, 0.25) is 15.9 Å². The predicted molar refractivity (Wildman–Crippen MR) is 114 cm³/mol. The van der Waals surface area contributed by atoms with E-state index in [-0.39, 0.29) is 18.9 Å². The Morgan fingerprint density at radius 2 is 1.72 bits per heavy atom. The third kappa shape index (κ3) is 6.01. The van der Waals surface area contributed by atoms with Crippen molar-refractivity contribution in [2.24, 2.45) is 0 Å². The topological polar surface area (TPSA) is 73.0 Å². The summed E-state index contributed by atoms with van der Waals surface area (Å²) < 4.78 is 28.3. The van der Waals surface area contributed by atoms with Crippen LogP contribution in [0.15, 0.2) is 29.2 Å². The molecule has 7 nitrogen and oxygen atoms in total. The molecule has 1 N–H and O–H groups in total. The zero-order chi connectivity index (χ0) is 20.7. The normalized spacial score (nSPS) is 18.9. The van der Waals surface area contributed by atoms with Crippen LogP contribution < -0.4 is 5.32 Å². The molecule has 0 spiro atoms. The van der Waals surface area contributed by atoms with Crippen molar-refractivity contribution < 1.29 is 13.2 Å². The lowest BCUT2D eigenvalue weighted by molar-refractivity contribution is -0.131. The van der Waals surface area contributed by atoms with E-state index in [1.165, 1.54) is 23.6 Å². The maximum atomic E-state index is 13.4. The number of hydrogen-bond donors (Lipinski definition) is 1. The quantitative estimate of drug-likeness (QED) is 0.684. The molecule has 0 saturated carbocycles. The number of aryl methyl sites for hydroxylation is 1. The third-order valence-electron chi connectivity index (χ3n) is 5.87. The zero-order valence-electron chi connectivity index (χ0n) is 17.5. The molecule has 0 unspecified atom stereocenters. The van der Waals surface area contributed by atoms with Crippen LogP contribution in [0.4, 0.5) is 0 Å². The molecule has 162 valence electrons. The molecule has 2 saturated heterocycles. The molecule has 1 aromatic carbocycles. The summed E-state index contributed by atoms with van der Waals surface area (Å²) in [5.41, 5.74) is 0.740. The Morgan fingerprint density at radius 1 is 1.03 bits per heavy atom. The summed E-state index contributed by atoms with van der Waals surface area (Å²) in [6, 6.07) is 7.09. The Hall–Kier alpha value is -1.48. The highest BCUT2D eigenvalue weighted by molar-refractivity contribution is 7.89. The second kappa shape index (κ2) is 10.5. The molecular weight excluding hydrogens is 388 g/mol. The van der Waals surface area contributed by atoms with Gasteiger partial charge in [-0.1, -0.05) is 24.6 Å². The first-order chi connectivity index (χ1) is 14.0. The van der Waals surface area contributed by atoms with E-state index in [2.05, 4.69) is 10.2 Å². The van der Waals surface area contributed by atoms with Crippen molar-refractivity contribution in [3.05, 3.63) is 29.8 Å². The smallest absolute Gasteiger partial charge is 0.243 e. The van der Waals surface area contributed by atoms with Crippen molar-refractivity contribution in [2.75, 3.05) is 58.9 Å². The highest BCUT2D eigenvalue weighted by atomic mass is 32.2. The molecule has 0 radical (unpaired) electrons. The number of carbonyl (C=O) groups is 1. The monoisotopic (exact) mass is 422 g/mol. The first-order valence-electron chi connectivity index (χ1n) is 10.7. The first kappa shape index (κ1) is 22.2. The minimum Gasteiger partial charge on any atom is -0.340 e. The molecule has 1 aromatic rings. The molecule has 2 fully saturated rings. The summed E-state index contributed by atoms with van der Waals surface area (Å²) in [7, 11) is -3.64. The van der Waals surface area contributed by atoms with Gasteiger partial charge < -0.3 is 15.1 Å². The SMILES string of the molecule is Cc1ccccc1S(=O)(=O)N(CCC(=O)N1CCNCC1)CCN1CCCCC1. The molecule has 0 bridgehead atoms. The van der Waals surface area contributed by atoms with Gasteiger partial charge in [-0.25, -0.2) is 8.42 Å². The highest BCUT2D eigenvalue weighted by Gasteiger charge is 2.28. The fourth-order valence-electron chi connectivity index (χ4n) is 4.07. The van der Waals surface area contributed by atoms with E-state index < -0.39 is 10.0 Å². The van der Waals surface area contributed by atoms with Gasteiger partial charge in [0.05, 0.1) is 4.90 Å². The van der Waals surface area contributed by atoms with Crippen molar-refractivity contribution in [1.29, 1.82) is 0 Å². The lowest BCUT2D eigenvalue weighted by Gasteiger charge is -2.31. The average Bonchev–Trinajstić information content (AvgIpc) is 2.75. The fourth-order valence-corrected chi connectivity index (χ4v) is 5.72. The van der Waals surface area contributed by atoms with Gasteiger partial charge in [-0.05, 0) is 44.5 Å². The minimum atomic E-state index is -3.64. The van der Waals surface area contributed by atoms with Gasteiger partial charge in [-0.15, -0.1) is 0 Å². The Kier molecular flexibility index (Phi) is 8.06. The first-order valence-corrected chi connectivity index (χ1v) is 12.2. The van der Waals surface area contributed by atoms with Gasteiger partial charge in [0.1, 0.15) is 0 Å². The van der Waals surface area contributed by atoms with Crippen LogP contribution >= 0.6 is 0 Å². The molecule has 8 heteroatoms. The number of amides is 1. The van der Waals surface area contributed by atoms with Gasteiger partial charge in [0, 0.05) is 52.2 Å². The molecule has 0 aliphatic carbocycles. The maximum Gasteiger partial charge on any atom is 0.243 e. The van der Waals surface area contributed by atoms with Crippen LogP contribution in [0.25, 0.3) is 0 Å². The number of rotatable bonds is 8. The molecule has 29 heavy (non-hydrogen) atoms. The fraction of sp³-hybridized carbons (Fsp3) is 0.667. The summed E-state index contributed by atoms with van der Waals surface area (Å²) in [5.74, 6) is 0.0365. The number of hydrogen-bond acceptors (Lipinski definition) is 5. The maximum absolute atomic E-state index is 13.4. The van der Waals surface area contributed by atoms with E-state index >= 15 is 0 Å². The summed E-state index contributed by atoms with van der Waals surface area (Å²) in [6.45, 7) is 8.22. The standard InChI is InChI=1S/C21H34N4O3S/c1-19-7-3-4-8-20(19)29(27,28)25(18-17-23-12-5-2-6-13-23)14-9-21(26)24-15-10-22-11-16-24/h3-4,7-8,22H,2,5-6,9-18H2,1H3. The number of nitrogens with zero attached hydrogens (tertiary/aromatic N) is 3. The second-order valence-corrected chi connectivity index (χ2v) is 9.86. The van der Waals surface area contributed by atoms with Crippen molar-refractivity contribution >= 4 is 15.9 Å². The van der Waals surface area contributed by atoms with E-state index in [1.54, 1.807) is 12.1 Å². The largest absolute Gasteiger partial charge is 0.340 e. The van der Waals surface area contributed by atoms with Crippen molar-refractivity contribution in [1.82, 2.24) is 19.4 Å². The molecular formula is C21H34N4O3S. The minimum absolute atomic E-state index is 0.0365. The van der Waals surface area contributed by atoms with Crippen LogP contribution in [0.1, 0.15) is 31.2 Å². The highest BCUT2D eigenvalue weighted by Crippen LogP contribution is 2.20. The number of carbonyl (C=O) groups excluding carboxylic acids is 1. The van der Waals surface area contributed by atoms with Crippen molar-refractivity contribution in [2.45, 2.75) is 37.5 Å². The van der Waals surface area contributed by atoms with Crippen LogP contribution in [0.5, 0.6) is 0 Å². The zero-order valence-corrected chi connectivity index (χ0v) is 18.3. The number of benzene rings is 1. The van der Waals surface area contributed by atoms with Gasteiger partial charge in [-0.2, -0.15) is 4.31 Å². The summed E-state index contributed by atoms with van der Waals surface area (Å²) in [5, 5.41) is 3.24. The number of sulfonamides is 1. The molecule has 3 rings (SSSR count). The van der Waals surface area contributed by atoms with E-state index in [1.807, 2.05) is 24.0 Å². The van der Waals surface area contributed by atoms with E-state index in [0.717, 1.165) is 31.7 Å². The Morgan fingerprint density at radius 3 is 2.41 bits per heavy atom. The predicted octanol–water partition coefficient (Wildman–Crippen LogP) is 1.29.